The van der Waals surface area contributed by atoms with E-state index in [1.807, 2.05) is 36.5 Å². The summed E-state index contributed by atoms with van der Waals surface area (Å²) in [6, 6.07) is 11.2. The molecule has 2 aromatic heterocycles. The first-order chi connectivity index (χ1) is 18.6. The van der Waals surface area contributed by atoms with E-state index < -0.39 is 6.09 Å². The van der Waals surface area contributed by atoms with Gasteiger partial charge in [-0.05, 0) is 36.4 Å². The number of nitrogens with two attached hydrogens (primary N) is 1. The standard InChI is InChI=1S/C14H16N4O3.C12H14N4O.CH4/c1-20-14(19)17-10-2-3-13-12(6-10)18(4-5-21-13)8-11-7-15-9-16-11;13-9-1-2-12-11(5-9)16(3-4-17-12)7-10-6-14-8-15-10;/h2-3,6-7,9H,4-5,8H2,1H3,(H,15,16)(H,17,19);1-2,5-6,8H,3-4,7,13H2,(H,14,15);1H4. The Bertz CT molecular complexity index is 1340. The van der Waals surface area contributed by atoms with Crippen LogP contribution in [0.5, 0.6) is 11.5 Å². The second-order valence-electron chi connectivity index (χ2n) is 8.72. The van der Waals surface area contributed by atoms with Gasteiger partial charge in [0.25, 0.3) is 0 Å². The third-order valence-electron chi connectivity index (χ3n) is 6.12. The van der Waals surface area contributed by atoms with Crippen LogP contribution in [0.4, 0.5) is 27.5 Å². The third kappa shape index (κ3) is 6.72. The minimum Gasteiger partial charge on any atom is -0.490 e. The van der Waals surface area contributed by atoms with Gasteiger partial charge in [-0.2, -0.15) is 0 Å². The van der Waals surface area contributed by atoms with Crippen LogP contribution in [-0.4, -0.2) is 59.4 Å². The quantitative estimate of drug-likeness (QED) is 0.279. The van der Waals surface area contributed by atoms with Crippen molar-refractivity contribution in [2.75, 3.05) is 54.3 Å². The van der Waals surface area contributed by atoms with Crippen LogP contribution < -0.4 is 30.3 Å². The second-order valence-corrected chi connectivity index (χ2v) is 8.72. The number of carbonyl (C=O) groups is 1. The molecule has 5 N–H and O–H groups in total. The molecule has 12 heteroatoms. The summed E-state index contributed by atoms with van der Waals surface area (Å²) in [4.78, 5) is 30.0. The maximum atomic E-state index is 11.3. The van der Waals surface area contributed by atoms with E-state index in [1.54, 1.807) is 24.9 Å². The van der Waals surface area contributed by atoms with Gasteiger partial charge in [0, 0.05) is 23.8 Å². The Hall–Kier alpha value is -4.87. The van der Waals surface area contributed by atoms with E-state index in [-0.39, 0.29) is 7.43 Å². The fourth-order valence-electron chi connectivity index (χ4n) is 4.29. The molecule has 0 saturated heterocycles. The topological polar surface area (TPSA) is 147 Å². The molecule has 0 radical (unpaired) electrons. The number of ether oxygens (including phenoxy) is 3. The number of nitrogens with zero attached hydrogens (tertiary/aromatic N) is 4. The number of anilines is 4. The van der Waals surface area contributed by atoms with Gasteiger partial charge in [0.05, 0.1) is 68.7 Å². The van der Waals surface area contributed by atoms with Crippen LogP contribution in [0.2, 0.25) is 0 Å². The summed E-state index contributed by atoms with van der Waals surface area (Å²) in [5.41, 5.74) is 11.3. The number of fused-ring (bicyclic) bond motifs is 2. The van der Waals surface area contributed by atoms with Crippen molar-refractivity contribution in [1.29, 1.82) is 0 Å². The number of hydrogen-bond acceptors (Lipinski definition) is 9. The van der Waals surface area contributed by atoms with Gasteiger partial charge in [0.1, 0.15) is 24.7 Å². The van der Waals surface area contributed by atoms with Crippen molar-refractivity contribution in [2.24, 2.45) is 0 Å². The molecule has 2 aromatic carbocycles. The Morgan fingerprint density at radius 1 is 0.949 bits per heavy atom. The van der Waals surface area contributed by atoms with Crippen LogP contribution in [0.25, 0.3) is 0 Å². The van der Waals surface area contributed by atoms with E-state index >= 15 is 0 Å². The highest BCUT2D eigenvalue weighted by molar-refractivity contribution is 5.86. The monoisotopic (exact) mass is 534 g/mol. The Balaban J connectivity index is 0.000000180. The normalized spacial score (nSPS) is 13.4. The van der Waals surface area contributed by atoms with Gasteiger partial charge in [-0.15, -0.1) is 0 Å². The lowest BCUT2D eigenvalue weighted by molar-refractivity contribution is 0.187. The van der Waals surface area contributed by atoms with Crippen molar-refractivity contribution in [3.63, 3.8) is 0 Å². The lowest BCUT2D eigenvalue weighted by Gasteiger charge is -2.31. The molecule has 6 rings (SSSR count). The summed E-state index contributed by atoms with van der Waals surface area (Å²) in [5.74, 6) is 1.70. The first-order valence-corrected chi connectivity index (χ1v) is 12.2. The van der Waals surface area contributed by atoms with Gasteiger partial charge < -0.3 is 39.7 Å². The zero-order chi connectivity index (χ0) is 26.3. The number of carbonyl (C=O) groups excluding carboxylic acids is 1. The number of rotatable bonds is 5. The van der Waals surface area contributed by atoms with Crippen molar-refractivity contribution >= 4 is 28.8 Å². The summed E-state index contributed by atoms with van der Waals surface area (Å²) in [5, 5.41) is 2.66. The number of nitrogen functional groups attached to an aromatic ring is 1. The van der Waals surface area contributed by atoms with Crippen molar-refractivity contribution in [3.8, 4) is 11.5 Å². The largest absolute Gasteiger partial charge is 0.490 e. The predicted octanol–water partition coefficient (Wildman–Crippen LogP) is 4.01. The minimum absolute atomic E-state index is 0. The molecule has 4 heterocycles. The lowest BCUT2D eigenvalue weighted by Crippen LogP contribution is -2.32. The molecule has 0 aliphatic carbocycles. The number of amides is 1. The van der Waals surface area contributed by atoms with E-state index in [1.165, 1.54) is 7.11 Å². The molecule has 1 amide bonds. The highest BCUT2D eigenvalue weighted by Gasteiger charge is 2.20. The molecule has 12 nitrogen and oxygen atoms in total. The minimum atomic E-state index is -0.494. The molecular weight excluding hydrogens is 500 g/mol. The number of H-pyrrole nitrogens is 2. The molecule has 0 bridgehead atoms. The highest BCUT2D eigenvalue weighted by Crippen LogP contribution is 2.35. The van der Waals surface area contributed by atoms with Crippen molar-refractivity contribution in [1.82, 2.24) is 19.9 Å². The number of aromatic nitrogens is 4. The second kappa shape index (κ2) is 12.6. The number of aromatic amines is 2. The molecule has 2 aliphatic rings. The molecule has 0 unspecified atom stereocenters. The van der Waals surface area contributed by atoms with Gasteiger partial charge >= 0.3 is 6.09 Å². The predicted molar refractivity (Wildman–Crippen MR) is 150 cm³/mol. The maximum Gasteiger partial charge on any atom is 0.411 e. The molecule has 0 fully saturated rings. The zero-order valence-electron chi connectivity index (χ0n) is 21.0. The molecular formula is C27H34N8O4. The highest BCUT2D eigenvalue weighted by atomic mass is 16.5. The Morgan fingerprint density at radius 3 is 2.05 bits per heavy atom. The zero-order valence-corrected chi connectivity index (χ0v) is 21.0. The van der Waals surface area contributed by atoms with Crippen LogP contribution in [0.15, 0.2) is 61.4 Å². The summed E-state index contributed by atoms with van der Waals surface area (Å²) in [6.07, 6.45) is 6.49. The number of methoxy groups -OCH3 is 1. The van der Waals surface area contributed by atoms with Crippen LogP contribution in [-0.2, 0) is 17.8 Å². The molecule has 2 aliphatic heterocycles. The van der Waals surface area contributed by atoms with Crippen LogP contribution >= 0.6 is 0 Å². The van der Waals surface area contributed by atoms with Crippen molar-refractivity contribution in [3.05, 3.63) is 72.8 Å². The van der Waals surface area contributed by atoms with Gasteiger partial charge in [-0.1, -0.05) is 7.43 Å². The van der Waals surface area contributed by atoms with E-state index in [0.29, 0.717) is 25.4 Å². The fraction of sp³-hybridized carbons (Fsp3) is 0.296. The molecule has 0 spiro atoms. The number of hydrogen-bond donors (Lipinski definition) is 4. The lowest BCUT2D eigenvalue weighted by atomic mass is 10.2. The van der Waals surface area contributed by atoms with Crippen LogP contribution in [0.3, 0.4) is 0 Å². The Kier molecular flexibility index (Phi) is 8.77. The molecule has 0 atom stereocenters. The van der Waals surface area contributed by atoms with Gasteiger partial charge in [-0.3, -0.25) is 5.32 Å². The first kappa shape index (κ1) is 27.2. The molecule has 0 saturated carbocycles. The summed E-state index contributed by atoms with van der Waals surface area (Å²) < 4.78 is 15.9. The summed E-state index contributed by atoms with van der Waals surface area (Å²) in [7, 11) is 1.33. The number of imidazole rings is 2. The summed E-state index contributed by atoms with van der Waals surface area (Å²) in [6.45, 7) is 4.46. The molecule has 206 valence electrons. The average molecular weight is 535 g/mol. The number of benzene rings is 2. The van der Waals surface area contributed by atoms with E-state index in [2.05, 4.69) is 39.8 Å². The first-order valence-electron chi connectivity index (χ1n) is 12.2. The van der Waals surface area contributed by atoms with Crippen LogP contribution in [0.1, 0.15) is 18.8 Å². The van der Waals surface area contributed by atoms with Gasteiger partial charge in [-0.25, -0.2) is 14.8 Å². The molecule has 39 heavy (non-hydrogen) atoms. The third-order valence-corrected chi connectivity index (χ3v) is 6.12. The smallest absolute Gasteiger partial charge is 0.411 e. The molecule has 4 aromatic rings. The number of nitrogens with one attached hydrogen (secondary N) is 3. The summed E-state index contributed by atoms with van der Waals surface area (Å²) >= 11 is 0. The van der Waals surface area contributed by atoms with Gasteiger partial charge in [0.2, 0.25) is 0 Å². The van der Waals surface area contributed by atoms with E-state index in [0.717, 1.165) is 59.6 Å². The average Bonchev–Trinajstić information content (AvgIpc) is 3.64. The fourth-order valence-corrected chi connectivity index (χ4v) is 4.29. The maximum absolute atomic E-state index is 11.3. The SMILES string of the molecule is C.COC(=O)Nc1ccc2c(c1)N(Cc1cnc[nH]1)CCO2.Nc1ccc2c(c1)N(Cc1cnc[nH]1)CCO2. The van der Waals surface area contributed by atoms with Gasteiger partial charge in [0.15, 0.2) is 0 Å². The van der Waals surface area contributed by atoms with Crippen LogP contribution in [0, 0.1) is 0 Å². The van der Waals surface area contributed by atoms with Crippen molar-refractivity contribution in [2.45, 2.75) is 20.5 Å². The van der Waals surface area contributed by atoms with Crippen molar-refractivity contribution < 1.29 is 19.0 Å². The Morgan fingerprint density at radius 2 is 1.51 bits per heavy atom. The van der Waals surface area contributed by atoms with E-state index in [9.17, 15) is 4.79 Å². The van der Waals surface area contributed by atoms with E-state index in [4.69, 9.17) is 15.2 Å². The Labute approximate surface area is 227 Å².